The van der Waals surface area contributed by atoms with Gasteiger partial charge in [0, 0.05) is 24.0 Å². The number of ether oxygens (including phenoxy) is 1. The van der Waals surface area contributed by atoms with Gasteiger partial charge in [0.25, 0.3) is 5.91 Å². The predicted molar refractivity (Wildman–Crippen MR) is 125 cm³/mol. The molecule has 0 bridgehead atoms. The first-order valence-corrected chi connectivity index (χ1v) is 11.5. The van der Waals surface area contributed by atoms with Crippen molar-refractivity contribution in [3.8, 4) is 5.75 Å². The molecule has 2 heterocycles. The number of aromatic nitrogens is 1. The quantitative estimate of drug-likeness (QED) is 0.410. The van der Waals surface area contributed by atoms with E-state index < -0.39 is 0 Å². The van der Waals surface area contributed by atoms with Gasteiger partial charge < -0.3 is 9.64 Å². The third-order valence-corrected chi connectivity index (χ3v) is 7.01. The molecule has 154 valence electrons. The van der Waals surface area contributed by atoms with Gasteiger partial charge >= 0.3 is 0 Å². The van der Waals surface area contributed by atoms with Crippen LogP contribution in [0, 0.1) is 0 Å². The van der Waals surface area contributed by atoms with Crippen molar-refractivity contribution in [3.63, 3.8) is 0 Å². The minimum atomic E-state index is -0.0975. The molecule has 29 heavy (non-hydrogen) atoms. The van der Waals surface area contributed by atoms with E-state index in [-0.39, 0.29) is 5.91 Å². The fraction of sp³-hybridized carbons (Fsp3) is 0.333. The number of methoxy groups -OCH3 is 1. The summed E-state index contributed by atoms with van der Waals surface area (Å²) in [4.78, 5) is 22.8. The van der Waals surface area contributed by atoms with Crippen LogP contribution in [-0.4, -0.2) is 49.1 Å². The van der Waals surface area contributed by atoms with Crippen molar-refractivity contribution < 1.29 is 9.53 Å². The summed E-state index contributed by atoms with van der Waals surface area (Å²) in [5.41, 5.74) is 0.683. The molecule has 8 heteroatoms. The lowest BCUT2D eigenvalue weighted by atomic mass is 10.3. The van der Waals surface area contributed by atoms with Crippen LogP contribution < -0.4 is 9.64 Å². The number of rotatable bonds is 9. The molecular formula is C21H24ClN3O2S2. The number of carbonyl (C=O) groups excluding carboxylic acids is 1. The van der Waals surface area contributed by atoms with Crippen molar-refractivity contribution in [3.05, 3.63) is 45.6 Å². The number of thiazole rings is 1. The minimum Gasteiger partial charge on any atom is -0.494 e. The molecule has 0 aliphatic carbocycles. The number of nitrogens with zero attached hydrogens (tertiary/aromatic N) is 3. The van der Waals surface area contributed by atoms with E-state index >= 15 is 0 Å². The molecule has 0 aliphatic heterocycles. The van der Waals surface area contributed by atoms with Crippen molar-refractivity contribution >= 4 is 61.6 Å². The summed E-state index contributed by atoms with van der Waals surface area (Å²) >= 11 is 9.38. The summed E-state index contributed by atoms with van der Waals surface area (Å²) in [5, 5.41) is 3.22. The van der Waals surface area contributed by atoms with Gasteiger partial charge in [-0.2, -0.15) is 0 Å². The van der Waals surface area contributed by atoms with E-state index in [1.165, 1.54) is 11.3 Å². The molecule has 1 aromatic carbocycles. The molecule has 2 aromatic heterocycles. The van der Waals surface area contributed by atoms with E-state index in [1.54, 1.807) is 41.6 Å². The highest BCUT2D eigenvalue weighted by Gasteiger charge is 2.21. The van der Waals surface area contributed by atoms with Crippen LogP contribution >= 0.6 is 34.3 Å². The van der Waals surface area contributed by atoms with E-state index in [1.807, 2.05) is 23.6 Å². The lowest BCUT2D eigenvalue weighted by Gasteiger charge is -2.23. The monoisotopic (exact) mass is 449 g/mol. The van der Waals surface area contributed by atoms with Crippen LogP contribution in [0.25, 0.3) is 16.3 Å². The van der Waals surface area contributed by atoms with Crippen LogP contribution in [0.2, 0.25) is 5.02 Å². The first kappa shape index (κ1) is 21.8. The van der Waals surface area contributed by atoms with Gasteiger partial charge in [-0.15, -0.1) is 11.3 Å². The number of hydrogen-bond acceptors (Lipinski definition) is 6. The Bertz CT molecular complexity index is 981. The number of likely N-dealkylation sites (N-methyl/N-ethyl adjacent to an activating group) is 1. The number of benzene rings is 1. The Morgan fingerprint density at radius 1 is 1.24 bits per heavy atom. The molecule has 3 aromatic rings. The molecule has 1 amide bonds. The van der Waals surface area contributed by atoms with E-state index in [2.05, 4.69) is 18.7 Å². The summed E-state index contributed by atoms with van der Waals surface area (Å²) in [6, 6.07) is 7.54. The molecule has 0 spiro atoms. The van der Waals surface area contributed by atoms with Crippen LogP contribution in [-0.2, 0) is 4.79 Å². The highest BCUT2D eigenvalue weighted by Crippen LogP contribution is 2.38. The second-order valence-electron chi connectivity index (χ2n) is 6.29. The summed E-state index contributed by atoms with van der Waals surface area (Å²) in [6.45, 7) is 7.43. The third kappa shape index (κ3) is 5.17. The fourth-order valence-corrected chi connectivity index (χ4v) is 4.84. The SMILES string of the molecule is CCN(CC)CCN(C(=O)/C=C/c1cccs1)c1nc2c(OC)ccc(Cl)c2s1. The predicted octanol–water partition coefficient (Wildman–Crippen LogP) is 5.41. The number of carbonyl (C=O) groups is 1. The molecule has 0 fully saturated rings. The first-order valence-electron chi connectivity index (χ1n) is 9.45. The van der Waals surface area contributed by atoms with Crippen LogP contribution in [0.5, 0.6) is 5.75 Å². The fourth-order valence-electron chi connectivity index (χ4n) is 2.93. The number of hydrogen-bond donors (Lipinski definition) is 0. The molecule has 0 saturated heterocycles. The molecular weight excluding hydrogens is 426 g/mol. The number of fused-ring (bicyclic) bond motifs is 1. The van der Waals surface area contributed by atoms with Gasteiger partial charge in [-0.3, -0.25) is 9.69 Å². The van der Waals surface area contributed by atoms with Crippen molar-refractivity contribution in [2.24, 2.45) is 0 Å². The maximum atomic E-state index is 13.1. The second-order valence-corrected chi connectivity index (χ2v) is 8.65. The highest BCUT2D eigenvalue weighted by atomic mass is 35.5. The van der Waals surface area contributed by atoms with Crippen LogP contribution in [0.3, 0.4) is 0 Å². The van der Waals surface area contributed by atoms with Gasteiger partial charge in [0.1, 0.15) is 11.3 Å². The maximum absolute atomic E-state index is 13.1. The Kier molecular flexibility index (Phi) is 7.66. The first-order chi connectivity index (χ1) is 14.1. The van der Waals surface area contributed by atoms with Gasteiger partial charge in [0.05, 0.1) is 16.8 Å². The topological polar surface area (TPSA) is 45.7 Å². The number of amides is 1. The summed E-state index contributed by atoms with van der Waals surface area (Å²) in [6.07, 6.45) is 3.46. The van der Waals surface area contributed by atoms with E-state index in [0.717, 1.165) is 29.2 Å². The van der Waals surface area contributed by atoms with E-state index in [9.17, 15) is 4.79 Å². The van der Waals surface area contributed by atoms with Gasteiger partial charge in [0.2, 0.25) is 0 Å². The van der Waals surface area contributed by atoms with Crippen LogP contribution in [0.15, 0.2) is 35.7 Å². The minimum absolute atomic E-state index is 0.0975. The number of halogens is 1. The average Bonchev–Trinajstić information content (AvgIpc) is 3.40. The molecule has 0 radical (unpaired) electrons. The Morgan fingerprint density at radius 2 is 2.03 bits per heavy atom. The molecule has 0 saturated carbocycles. The van der Waals surface area contributed by atoms with Gasteiger partial charge in [-0.25, -0.2) is 4.98 Å². The summed E-state index contributed by atoms with van der Waals surface area (Å²) < 4.78 is 6.25. The average molecular weight is 450 g/mol. The third-order valence-electron chi connectivity index (χ3n) is 4.63. The Balaban J connectivity index is 1.94. The van der Waals surface area contributed by atoms with Crippen LogP contribution in [0.4, 0.5) is 5.13 Å². The smallest absolute Gasteiger partial charge is 0.252 e. The van der Waals surface area contributed by atoms with E-state index in [0.29, 0.717) is 28.0 Å². The van der Waals surface area contributed by atoms with Crippen molar-refractivity contribution in [2.75, 3.05) is 38.2 Å². The molecule has 0 unspecified atom stereocenters. The summed E-state index contributed by atoms with van der Waals surface area (Å²) in [7, 11) is 1.61. The molecule has 0 atom stereocenters. The Labute approximate surface area is 184 Å². The maximum Gasteiger partial charge on any atom is 0.252 e. The van der Waals surface area contributed by atoms with Gasteiger partial charge in [0.15, 0.2) is 5.13 Å². The largest absolute Gasteiger partial charge is 0.494 e. The Hall–Kier alpha value is -1.93. The zero-order valence-electron chi connectivity index (χ0n) is 16.7. The van der Waals surface area contributed by atoms with Crippen molar-refractivity contribution in [2.45, 2.75) is 13.8 Å². The summed E-state index contributed by atoms with van der Waals surface area (Å²) in [5.74, 6) is 0.553. The van der Waals surface area contributed by atoms with Crippen LogP contribution in [0.1, 0.15) is 18.7 Å². The Morgan fingerprint density at radius 3 is 2.69 bits per heavy atom. The highest BCUT2D eigenvalue weighted by molar-refractivity contribution is 7.23. The lowest BCUT2D eigenvalue weighted by Crippen LogP contribution is -2.38. The molecule has 0 aliphatic rings. The standard InChI is InChI=1S/C21H24ClN3O2S2/c1-4-24(5-2)12-13-25(18(26)11-8-15-7-6-14-28-15)21-23-19-17(27-3)10-9-16(22)20(19)29-21/h6-11,14H,4-5,12-13H2,1-3H3/b11-8+. The van der Waals surface area contributed by atoms with Crippen molar-refractivity contribution in [1.29, 1.82) is 0 Å². The molecule has 5 nitrogen and oxygen atoms in total. The molecule has 3 rings (SSSR count). The normalized spacial score (nSPS) is 11.6. The second kappa shape index (κ2) is 10.2. The number of anilines is 1. The number of thiophene rings is 1. The van der Waals surface area contributed by atoms with Gasteiger partial charge in [-0.05, 0) is 42.7 Å². The van der Waals surface area contributed by atoms with E-state index in [4.69, 9.17) is 21.3 Å². The molecule has 0 N–H and O–H groups in total. The zero-order valence-corrected chi connectivity index (χ0v) is 19.1. The van der Waals surface area contributed by atoms with Crippen molar-refractivity contribution in [1.82, 2.24) is 9.88 Å². The zero-order chi connectivity index (χ0) is 20.8. The van der Waals surface area contributed by atoms with Gasteiger partial charge in [-0.1, -0.05) is 42.9 Å². The lowest BCUT2D eigenvalue weighted by molar-refractivity contribution is -0.114.